The van der Waals surface area contributed by atoms with E-state index in [2.05, 4.69) is 24.3 Å². The zero-order valence-electron chi connectivity index (χ0n) is 10.5. The fourth-order valence-electron chi connectivity index (χ4n) is 1.70. The maximum atomic E-state index is 11.6. The number of aromatic nitrogens is 2. The first-order chi connectivity index (χ1) is 8.11. The molecule has 0 bridgehead atoms. The summed E-state index contributed by atoms with van der Waals surface area (Å²) in [5, 5.41) is 16.0. The van der Waals surface area contributed by atoms with Crippen molar-refractivity contribution in [3.63, 3.8) is 0 Å². The molecule has 17 heavy (non-hydrogen) atoms. The van der Waals surface area contributed by atoms with E-state index in [9.17, 15) is 4.79 Å². The summed E-state index contributed by atoms with van der Waals surface area (Å²) in [6.45, 7) is 4.70. The molecule has 1 atom stereocenters. The molecular weight excluding hydrogens is 218 g/mol. The van der Waals surface area contributed by atoms with Crippen molar-refractivity contribution in [1.29, 1.82) is 0 Å². The topological polar surface area (TPSA) is 67.2 Å². The van der Waals surface area contributed by atoms with Gasteiger partial charge < -0.3 is 10.4 Å². The standard InChI is InChI=1S/C12H21N3O2/c1-10(2)8-11(9-16)14-12(17)4-7-15-6-3-5-13-15/h3,5-6,10-11,16H,4,7-9H2,1-2H3,(H,14,17). The molecule has 1 amide bonds. The lowest BCUT2D eigenvalue weighted by Gasteiger charge is -2.18. The molecule has 1 heterocycles. The van der Waals surface area contributed by atoms with Crippen LogP contribution in [0.4, 0.5) is 0 Å². The van der Waals surface area contributed by atoms with E-state index in [1.54, 1.807) is 10.9 Å². The van der Waals surface area contributed by atoms with Gasteiger partial charge in [-0.1, -0.05) is 13.8 Å². The van der Waals surface area contributed by atoms with E-state index in [1.165, 1.54) is 0 Å². The first-order valence-electron chi connectivity index (χ1n) is 5.99. The molecule has 2 N–H and O–H groups in total. The third-order valence-corrected chi connectivity index (χ3v) is 2.47. The van der Waals surface area contributed by atoms with Gasteiger partial charge in [0.15, 0.2) is 0 Å². The predicted molar refractivity (Wildman–Crippen MR) is 65.3 cm³/mol. The highest BCUT2D eigenvalue weighted by molar-refractivity contribution is 5.76. The Morgan fingerprint density at radius 3 is 2.82 bits per heavy atom. The molecule has 5 heteroatoms. The molecule has 0 aliphatic heterocycles. The molecule has 0 spiro atoms. The average molecular weight is 239 g/mol. The van der Waals surface area contributed by atoms with E-state index in [0.29, 0.717) is 18.9 Å². The maximum absolute atomic E-state index is 11.6. The number of carbonyl (C=O) groups is 1. The van der Waals surface area contributed by atoms with E-state index in [-0.39, 0.29) is 18.6 Å². The van der Waals surface area contributed by atoms with Crippen molar-refractivity contribution in [2.24, 2.45) is 5.92 Å². The zero-order valence-corrected chi connectivity index (χ0v) is 10.5. The lowest BCUT2D eigenvalue weighted by atomic mass is 10.0. The Morgan fingerprint density at radius 1 is 1.53 bits per heavy atom. The van der Waals surface area contributed by atoms with Crippen molar-refractivity contribution in [3.05, 3.63) is 18.5 Å². The van der Waals surface area contributed by atoms with E-state index in [4.69, 9.17) is 5.11 Å². The van der Waals surface area contributed by atoms with E-state index < -0.39 is 0 Å². The molecule has 1 aromatic heterocycles. The minimum Gasteiger partial charge on any atom is -0.394 e. The number of amides is 1. The minimum atomic E-state index is -0.139. The number of aliphatic hydroxyl groups excluding tert-OH is 1. The van der Waals surface area contributed by atoms with Gasteiger partial charge in [0.1, 0.15) is 0 Å². The van der Waals surface area contributed by atoms with Crippen LogP contribution in [0.3, 0.4) is 0 Å². The van der Waals surface area contributed by atoms with Crippen molar-refractivity contribution in [2.45, 2.75) is 39.3 Å². The van der Waals surface area contributed by atoms with Crippen LogP contribution >= 0.6 is 0 Å². The summed E-state index contributed by atoms with van der Waals surface area (Å²) < 4.78 is 1.72. The normalized spacial score (nSPS) is 12.7. The van der Waals surface area contributed by atoms with Gasteiger partial charge >= 0.3 is 0 Å². The minimum absolute atomic E-state index is 0.00824. The molecule has 0 radical (unpaired) electrons. The Kier molecular flexibility index (Phi) is 5.69. The molecule has 1 unspecified atom stereocenters. The SMILES string of the molecule is CC(C)CC(CO)NC(=O)CCn1cccn1. The summed E-state index contributed by atoms with van der Waals surface area (Å²) >= 11 is 0. The van der Waals surface area contributed by atoms with Gasteiger partial charge in [0.05, 0.1) is 12.6 Å². The van der Waals surface area contributed by atoms with Crippen molar-refractivity contribution < 1.29 is 9.90 Å². The van der Waals surface area contributed by atoms with Crippen molar-refractivity contribution in [2.75, 3.05) is 6.61 Å². The Balaban J connectivity index is 2.27. The van der Waals surface area contributed by atoms with Crippen LogP contribution in [0.5, 0.6) is 0 Å². The second-order valence-corrected chi connectivity index (χ2v) is 4.60. The third-order valence-electron chi connectivity index (χ3n) is 2.47. The monoisotopic (exact) mass is 239 g/mol. The van der Waals surface area contributed by atoms with Gasteiger partial charge in [-0.05, 0) is 18.4 Å². The summed E-state index contributed by atoms with van der Waals surface area (Å²) in [4.78, 5) is 11.6. The van der Waals surface area contributed by atoms with Crippen LogP contribution in [0.25, 0.3) is 0 Å². The fourth-order valence-corrected chi connectivity index (χ4v) is 1.70. The van der Waals surface area contributed by atoms with Gasteiger partial charge in [-0.3, -0.25) is 9.48 Å². The van der Waals surface area contributed by atoms with E-state index in [1.807, 2.05) is 12.3 Å². The Morgan fingerprint density at radius 2 is 2.29 bits per heavy atom. The van der Waals surface area contributed by atoms with E-state index >= 15 is 0 Å². The summed E-state index contributed by atoms with van der Waals surface area (Å²) in [6.07, 6.45) is 4.69. The van der Waals surface area contributed by atoms with Crippen molar-refractivity contribution >= 4 is 5.91 Å². The van der Waals surface area contributed by atoms with Crippen LogP contribution in [0.2, 0.25) is 0 Å². The predicted octanol–water partition coefficient (Wildman–Crippen LogP) is 0.796. The van der Waals surface area contributed by atoms with Gasteiger partial charge in [-0.15, -0.1) is 0 Å². The lowest BCUT2D eigenvalue weighted by molar-refractivity contribution is -0.122. The lowest BCUT2D eigenvalue weighted by Crippen LogP contribution is -2.38. The molecule has 0 aliphatic rings. The molecular formula is C12H21N3O2. The van der Waals surface area contributed by atoms with Gasteiger partial charge in [0.25, 0.3) is 0 Å². The van der Waals surface area contributed by atoms with Crippen LogP contribution in [0, 0.1) is 5.92 Å². The number of nitrogens with one attached hydrogen (secondary N) is 1. The number of hydrogen-bond acceptors (Lipinski definition) is 3. The number of carbonyl (C=O) groups excluding carboxylic acids is 1. The molecule has 0 aromatic carbocycles. The number of aliphatic hydroxyl groups is 1. The molecule has 5 nitrogen and oxygen atoms in total. The fraction of sp³-hybridized carbons (Fsp3) is 0.667. The maximum Gasteiger partial charge on any atom is 0.222 e. The van der Waals surface area contributed by atoms with Crippen LogP contribution in [0.1, 0.15) is 26.7 Å². The average Bonchev–Trinajstić information content (AvgIpc) is 2.77. The zero-order chi connectivity index (χ0) is 12.7. The van der Waals surface area contributed by atoms with Crippen LogP contribution in [-0.4, -0.2) is 33.4 Å². The molecule has 1 rings (SSSR count). The highest BCUT2D eigenvalue weighted by Crippen LogP contribution is 2.04. The second-order valence-electron chi connectivity index (χ2n) is 4.60. The van der Waals surface area contributed by atoms with Crippen molar-refractivity contribution in [3.8, 4) is 0 Å². The first kappa shape index (κ1) is 13.7. The molecule has 0 aliphatic carbocycles. The number of aryl methyl sites for hydroxylation is 1. The summed E-state index contributed by atoms with van der Waals surface area (Å²) in [7, 11) is 0. The Bertz CT molecular complexity index is 323. The summed E-state index contributed by atoms with van der Waals surface area (Å²) in [5.41, 5.74) is 0. The quantitative estimate of drug-likeness (QED) is 0.739. The molecule has 1 aromatic rings. The van der Waals surface area contributed by atoms with Crippen molar-refractivity contribution in [1.82, 2.24) is 15.1 Å². The molecule has 0 fully saturated rings. The van der Waals surface area contributed by atoms with Gasteiger partial charge in [0, 0.05) is 25.4 Å². The highest BCUT2D eigenvalue weighted by Gasteiger charge is 2.12. The smallest absolute Gasteiger partial charge is 0.222 e. The van der Waals surface area contributed by atoms with Gasteiger partial charge in [-0.2, -0.15) is 5.10 Å². The second kappa shape index (κ2) is 7.06. The summed E-state index contributed by atoms with van der Waals surface area (Å²) in [6, 6.07) is 1.69. The number of rotatable bonds is 7. The first-order valence-corrected chi connectivity index (χ1v) is 5.99. The van der Waals surface area contributed by atoms with Crippen LogP contribution in [-0.2, 0) is 11.3 Å². The van der Waals surface area contributed by atoms with Crippen LogP contribution < -0.4 is 5.32 Å². The van der Waals surface area contributed by atoms with E-state index in [0.717, 1.165) is 6.42 Å². The molecule has 0 saturated carbocycles. The van der Waals surface area contributed by atoms with Gasteiger partial charge in [-0.25, -0.2) is 0 Å². The molecule has 0 saturated heterocycles. The largest absolute Gasteiger partial charge is 0.394 e. The number of hydrogen-bond donors (Lipinski definition) is 2. The van der Waals surface area contributed by atoms with Gasteiger partial charge in [0.2, 0.25) is 5.91 Å². The van der Waals surface area contributed by atoms with Crippen LogP contribution in [0.15, 0.2) is 18.5 Å². The summed E-state index contributed by atoms with van der Waals surface area (Å²) in [5.74, 6) is 0.416. The molecule has 96 valence electrons. The third kappa shape index (κ3) is 5.49. The Hall–Kier alpha value is -1.36. The number of nitrogens with zero attached hydrogens (tertiary/aromatic N) is 2. The highest BCUT2D eigenvalue weighted by atomic mass is 16.3. The Labute approximate surface area is 102 Å².